The smallest absolute Gasteiger partial charge is 0.0494 e. The van der Waals surface area contributed by atoms with Crippen LogP contribution < -0.4 is 4.90 Å². The highest BCUT2D eigenvalue weighted by molar-refractivity contribution is 7.28. The van der Waals surface area contributed by atoms with E-state index in [4.69, 9.17) is 0 Å². The second kappa shape index (κ2) is 13.2. The molecule has 2 heteroatoms. The van der Waals surface area contributed by atoms with Gasteiger partial charge in [0.2, 0.25) is 0 Å². The normalized spacial score (nSPS) is 12.3. The van der Waals surface area contributed by atoms with E-state index in [0.29, 0.717) is 0 Å². The summed E-state index contributed by atoms with van der Waals surface area (Å²) in [7, 11) is 0.760. The predicted molar refractivity (Wildman–Crippen MR) is 183 cm³/mol. The molecule has 0 aliphatic carbocycles. The molecule has 1 unspecified atom stereocenters. The fourth-order valence-corrected chi connectivity index (χ4v) is 6.07. The first-order chi connectivity index (χ1) is 20.1. The molecule has 0 radical (unpaired) electrons. The second-order valence-electron chi connectivity index (χ2n) is 9.96. The Balaban J connectivity index is 1.76. The van der Waals surface area contributed by atoms with Crippen molar-refractivity contribution in [2.45, 2.75) is 20.8 Å². The molecular weight excluding hydrogens is 513 g/mol. The molecule has 0 amide bonds. The predicted octanol–water partition coefficient (Wildman–Crippen LogP) is 11.7. The van der Waals surface area contributed by atoms with E-state index in [1.165, 1.54) is 33.4 Å². The van der Waals surface area contributed by atoms with Gasteiger partial charge < -0.3 is 4.90 Å². The average Bonchev–Trinajstić information content (AvgIpc) is 3.56. The summed E-state index contributed by atoms with van der Waals surface area (Å²) in [5.41, 5.74) is 13.0. The minimum atomic E-state index is 0.760. The molecule has 0 saturated carbocycles. The van der Waals surface area contributed by atoms with Crippen molar-refractivity contribution >= 4 is 30.8 Å². The molecule has 0 spiro atoms. The quantitative estimate of drug-likeness (QED) is 0.165. The van der Waals surface area contributed by atoms with Gasteiger partial charge in [0.15, 0.2) is 0 Å². The van der Waals surface area contributed by atoms with Gasteiger partial charge >= 0.3 is 0 Å². The van der Waals surface area contributed by atoms with Gasteiger partial charge in [-0.2, -0.15) is 0 Å². The monoisotopic (exact) mass is 549 g/mol. The third-order valence-electron chi connectivity index (χ3n) is 7.25. The van der Waals surface area contributed by atoms with Crippen LogP contribution in [-0.4, -0.2) is 0 Å². The van der Waals surface area contributed by atoms with Crippen molar-refractivity contribution in [1.82, 2.24) is 0 Å². The van der Waals surface area contributed by atoms with Crippen LogP contribution in [0.25, 0.3) is 33.5 Å². The SMILES string of the molecule is C=C/C=C(\C=C/C)c1cc(-c2ccccc2)cc(N(/C(=C/C)c2ccccc2C)c2ccc(-c3cc[pH]c3)cc2)c1. The number of benzene rings is 4. The molecule has 0 fully saturated rings. The number of hydrogen-bond donors (Lipinski definition) is 0. The summed E-state index contributed by atoms with van der Waals surface area (Å²) in [5.74, 6) is 4.54. The largest absolute Gasteiger partial charge is 0.310 e. The molecule has 4 aromatic carbocycles. The average molecular weight is 550 g/mol. The van der Waals surface area contributed by atoms with Crippen LogP contribution in [0.5, 0.6) is 0 Å². The van der Waals surface area contributed by atoms with E-state index in [0.717, 1.165) is 36.4 Å². The zero-order chi connectivity index (χ0) is 28.6. The first-order valence-electron chi connectivity index (χ1n) is 14.0. The van der Waals surface area contributed by atoms with Crippen LogP contribution in [0, 0.1) is 6.92 Å². The first kappa shape index (κ1) is 28.0. The Kier molecular flexibility index (Phi) is 8.99. The summed E-state index contributed by atoms with van der Waals surface area (Å²) in [4.78, 5) is 2.39. The lowest BCUT2D eigenvalue weighted by Gasteiger charge is -2.30. The number of aryl methyl sites for hydroxylation is 1. The molecule has 1 heterocycles. The van der Waals surface area contributed by atoms with Crippen LogP contribution in [0.3, 0.4) is 0 Å². The van der Waals surface area contributed by atoms with Gasteiger partial charge in [-0.3, -0.25) is 0 Å². The summed E-state index contributed by atoms with van der Waals surface area (Å²) < 4.78 is 0. The van der Waals surface area contributed by atoms with Crippen molar-refractivity contribution < 1.29 is 0 Å². The molecule has 5 rings (SSSR count). The van der Waals surface area contributed by atoms with E-state index >= 15 is 0 Å². The van der Waals surface area contributed by atoms with Crippen molar-refractivity contribution in [2.24, 2.45) is 0 Å². The van der Waals surface area contributed by atoms with E-state index in [9.17, 15) is 0 Å². The Labute approximate surface area is 246 Å². The fourth-order valence-electron chi connectivity index (χ4n) is 5.26. The Bertz CT molecular complexity index is 1700. The van der Waals surface area contributed by atoms with Crippen LogP contribution in [0.15, 0.2) is 152 Å². The van der Waals surface area contributed by atoms with Crippen molar-refractivity contribution in [3.8, 4) is 22.3 Å². The molecule has 1 aromatic heterocycles. The lowest BCUT2D eigenvalue weighted by molar-refractivity contribution is 1.26. The molecule has 41 heavy (non-hydrogen) atoms. The summed E-state index contributed by atoms with van der Waals surface area (Å²) in [6.45, 7) is 10.4. The Morgan fingerprint density at radius 1 is 0.732 bits per heavy atom. The third kappa shape index (κ3) is 6.27. The van der Waals surface area contributed by atoms with Gasteiger partial charge in [0, 0.05) is 22.6 Å². The third-order valence-corrected chi connectivity index (χ3v) is 8.09. The van der Waals surface area contributed by atoms with Crippen LogP contribution in [0.2, 0.25) is 0 Å². The minimum Gasteiger partial charge on any atom is -0.310 e. The number of allylic oxidation sites excluding steroid dienone is 6. The Hall–Kier alpha value is -4.58. The fraction of sp³-hybridized carbons (Fsp3) is 0.0769. The highest BCUT2D eigenvalue weighted by Crippen LogP contribution is 2.40. The molecule has 0 N–H and O–H groups in total. The Morgan fingerprint density at radius 3 is 2.12 bits per heavy atom. The minimum absolute atomic E-state index is 0.760. The maximum atomic E-state index is 3.99. The highest BCUT2D eigenvalue weighted by Gasteiger charge is 2.20. The van der Waals surface area contributed by atoms with Crippen molar-refractivity contribution in [2.75, 3.05) is 4.90 Å². The highest BCUT2D eigenvalue weighted by atomic mass is 31.0. The van der Waals surface area contributed by atoms with Gasteiger partial charge in [0.05, 0.1) is 0 Å². The zero-order valence-corrected chi connectivity index (χ0v) is 25.0. The lowest BCUT2D eigenvalue weighted by atomic mass is 9.95. The van der Waals surface area contributed by atoms with Crippen molar-refractivity contribution in [3.05, 3.63) is 168 Å². The van der Waals surface area contributed by atoms with Crippen LogP contribution in [0.4, 0.5) is 11.4 Å². The Morgan fingerprint density at radius 2 is 1.46 bits per heavy atom. The number of rotatable bonds is 9. The van der Waals surface area contributed by atoms with Gasteiger partial charge in [-0.15, -0.1) is 8.19 Å². The topological polar surface area (TPSA) is 3.24 Å². The molecule has 1 nitrogen and oxygen atoms in total. The molecule has 0 bridgehead atoms. The summed E-state index contributed by atoms with van der Waals surface area (Å²) in [5, 5.41) is 0. The van der Waals surface area contributed by atoms with E-state index < -0.39 is 0 Å². The molecule has 5 aromatic rings. The molecular formula is C39H36NP. The van der Waals surface area contributed by atoms with Gasteiger partial charge in [0.1, 0.15) is 0 Å². The van der Waals surface area contributed by atoms with Gasteiger partial charge in [-0.25, -0.2) is 0 Å². The maximum Gasteiger partial charge on any atom is 0.0494 e. The summed E-state index contributed by atoms with van der Waals surface area (Å²) in [6, 6.07) is 37.3. The molecule has 0 saturated heterocycles. The second-order valence-corrected chi connectivity index (χ2v) is 10.9. The van der Waals surface area contributed by atoms with Gasteiger partial charge in [0.25, 0.3) is 0 Å². The number of nitrogens with zero attached hydrogens (tertiary/aromatic N) is 1. The lowest BCUT2D eigenvalue weighted by Crippen LogP contribution is -2.16. The number of anilines is 2. The molecule has 0 aliphatic rings. The zero-order valence-electron chi connectivity index (χ0n) is 24.0. The molecule has 202 valence electrons. The van der Waals surface area contributed by atoms with Crippen molar-refractivity contribution in [1.29, 1.82) is 0 Å². The summed E-state index contributed by atoms with van der Waals surface area (Å²) >= 11 is 0. The van der Waals surface area contributed by atoms with Crippen LogP contribution >= 0.6 is 8.19 Å². The first-order valence-corrected chi connectivity index (χ1v) is 15.2. The molecule has 1 atom stereocenters. The van der Waals surface area contributed by atoms with Gasteiger partial charge in [-0.1, -0.05) is 110 Å². The maximum absolute atomic E-state index is 3.99. The number of hydrogen-bond acceptors (Lipinski definition) is 1. The van der Waals surface area contributed by atoms with E-state index in [1.54, 1.807) is 0 Å². The van der Waals surface area contributed by atoms with E-state index in [-0.39, 0.29) is 0 Å². The summed E-state index contributed by atoms with van der Waals surface area (Å²) in [6.07, 6.45) is 10.4. The van der Waals surface area contributed by atoms with E-state index in [1.807, 2.05) is 6.08 Å². The van der Waals surface area contributed by atoms with Crippen LogP contribution in [0.1, 0.15) is 30.5 Å². The van der Waals surface area contributed by atoms with Gasteiger partial charge in [-0.05, 0) is 102 Å². The van der Waals surface area contributed by atoms with E-state index in [2.05, 4.69) is 171 Å². The van der Waals surface area contributed by atoms with Crippen molar-refractivity contribution in [3.63, 3.8) is 0 Å². The standard InChI is InChI=1S/C39H36NP/c1-5-13-30(14-6-2)34-25-35(31-16-9-8-10-17-31)27-37(26-34)40(39(7-3)38-18-12-11-15-29(38)4)36-21-19-32(20-22-36)33-23-24-41-28-33/h5-28,41H,1H2,2-4H3/b14-6-,30-13+,39-7+. The molecule has 0 aliphatic heterocycles. The van der Waals surface area contributed by atoms with Crippen LogP contribution in [-0.2, 0) is 0 Å².